The Hall–Kier alpha value is -1.71. The smallest absolute Gasteiger partial charge is 0.405 e. The van der Waals surface area contributed by atoms with Crippen LogP contribution in [-0.2, 0) is 9.31 Å². The molecule has 0 radical (unpaired) electrons. The number of rotatable bonds is 5. The van der Waals surface area contributed by atoms with Crippen molar-refractivity contribution in [2.45, 2.75) is 45.3 Å². The van der Waals surface area contributed by atoms with E-state index >= 15 is 0 Å². The van der Waals surface area contributed by atoms with Gasteiger partial charge in [-0.2, -0.15) is 0 Å². The van der Waals surface area contributed by atoms with Crippen molar-refractivity contribution in [3.05, 3.63) is 29.2 Å². The SMILES string of the molecule is CNCC(=Cc1cc(N)ccc1OC(F)(F)F)B1OC(C)(C)C(C)(C)O1. The maximum absolute atomic E-state index is 12.7. The molecule has 1 fully saturated rings. The van der Waals surface area contributed by atoms with E-state index in [0.29, 0.717) is 17.7 Å². The third kappa shape index (κ3) is 4.72. The molecule has 1 saturated heterocycles. The van der Waals surface area contributed by atoms with Crippen LogP contribution < -0.4 is 15.8 Å². The molecule has 1 heterocycles. The fourth-order valence-electron chi connectivity index (χ4n) is 2.50. The number of hydrogen-bond donors (Lipinski definition) is 2. The largest absolute Gasteiger partial charge is 0.573 e. The van der Waals surface area contributed by atoms with E-state index in [-0.39, 0.29) is 11.3 Å². The van der Waals surface area contributed by atoms with Gasteiger partial charge in [0.2, 0.25) is 0 Å². The van der Waals surface area contributed by atoms with Crippen LogP contribution in [0.1, 0.15) is 33.3 Å². The van der Waals surface area contributed by atoms with E-state index in [1.807, 2.05) is 27.7 Å². The second-order valence-electron chi connectivity index (χ2n) is 7.18. The fraction of sp³-hybridized carbons (Fsp3) is 0.529. The van der Waals surface area contributed by atoms with E-state index in [4.69, 9.17) is 15.0 Å². The van der Waals surface area contributed by atoms with Gasteiger partial charge in [0.1, 0.15) is 5.75 Å². The van der Waals surface area contributed by atoms with Gasteiger partial charge in [0.15, 0.2) is 0 Å². The summed E-state index contributed by atoms with van der Waals surface area (Å²) >= 11 is 0. The number of nitrogen functional groups attached to an aromatic ring is 1. The maximum Gasteiger partial charge on any atom is 0.573 e. The van der Waals surface area contributed by atoms with E-state index in [1.165, 1.54) is 18.2 Å². The molecule has 9 heteroatoms. The number of nitrogens with two attached hydrogens (primary N) is 1. The number of anilines is 1. The zero-order valence-electron chi connectivity index (χ0n) is 15.5. The minimum Gasteiger partial charge on any atom is -0.405 e. The van der Waals surface area contributed by atoms with Crippen molar-refractivity contribution < 1.29 is 27.2 Å². The van der Waals surface area contributed by atoms with E-state index < -0.39 is 24.7 Å². The second-order valence-corrected chi connectivity index (χ2v) is 7.18. The second kappa shape index (κ2) is 7.13. The molecule has 0 saturated carbocycles. The van der Waals surface area contributed by atoms with Crippen molar-refractivity contribution >= 4 is 18.9 Å². The molecule has 0 aromatic heterocycles. The van der Waals surface area contributed by atoms with E-state index in [0.717, 1.165) is 0 Å². The molecular formula is C17H24BF3N2O3. The first-order valence-corrected chi connectivity index (χ1v) is 8.20. The predicted octanol–water partition coefficient (Wildman–Crippen LogP) is 3.40. The Morgan fingerprint density at radius 1 is 1.23 bits per heavy atom. The van der Waals surface area contributed by atoms with Crippen LogP contribution in [-0.4, -0.2) is 38.3 Å². The topological polar surface area (TPSA) is 65.7 Å². The zero-order chi connectivity index (χ0) is 19.8. The maximum atomic E-state index is 12.7. The van der Waals surface area contributed by atoms with Gasteiger partial charge in [0.05, 0.1) is 11.2 Å². The Kier molecular flexibility index (Phi) is 5.65. The third-order valence-corrected chi connectivity index (χ3v) is 4.54. The van der Waals surface area contributed by atoms with E-state index in [2.05, 4.69) is 10.1 Å². The Morgan fingerprint density at radius 2 is 1.81 bits per heavy atom. The minimum absolute atomic E-state index is 0.197. The molecule has 1 aliphatic heterocycles. The summed E-state index contributed by atoms with van der Waals surface area (Å²) in [6.45, 7) is 7.98. The number of hydrogen-bond acceptors (Lipinski definition) is 5. The lowest BCUT2D eigenvalue weighted by molar-refractivity contribution is -0.274. The van der Waals surface area contributed by atoms with Gasteiger partial charge in [-0.15, -0.1) is 13.2 Å². The summed E-state index contributed by atoms with van der Waals surface area (Å²) in [5, 5.41) is 2.98. The summed E-state index contributed by atoms with van der Waals surface area (Å²) in [6.07, 6.45) is -3.25. The minimum atomic E-state index is -4.80. The highest BCUT2D eigenvalue weighted by Gasteiger charge is 2.52. The molecule has 0 aliphatic carbocycles. The average Bonchev–Trinajstić information content (AvgIpc) is 2.68. The first-order chi connectivity index (χ1) is 11.8. The van der Waals surface area contributed by atoms with Crippen molar-refractivity contribution in [2.24, 2.45) is 0 Å². The normalized spacial score (nSPS) is 19.7. The lowest BCUT2D eigenvalue weighted by atomic mass is 9.77. The van der Waals surface area contributed by atoms with Gasteiger partial charge in [-0.25, -0.2) is 0 Å². The molecule has 1 aromatic carbocycles. The molecule has 1 aliphatic rings. The van der Waals surface area contributed by atoms with Crippen molar-refractivity contribution in [1.82, 2.24) is 5.32 Å². The van der Waals surface area contributed by atoms with Crippen molar-refractivity contribution in [1.29, 1.82) is 0 Å². The Labute approximate surface area is 151 Å². The van der Waals surface area contributed by atoms with Gasteiger partial charge in [-0.05, 0) is 58.4 Å². The fourth-order valence-corrected chi connectivity index (χ4v) is 2.50. The highest BCUT2D eigenvalue weighted by atomic mass is 19.4. The van der Waals surface area contributed by atoms with Crippen LogP contribution in [0.5, 0.6) is 5.75 Å². The molecule has 144 valence electrons. The monoisotopic (exact) mass is 372 g/mol. The Bertz CT molecular complexity index is 674. The van der Waals surface area contributed by atoms with Gasteiger partial charge in [-0.3, -0.25) is 0 Å². The zero-order valence-corrected chi connectivity index (χ0v) is 15.5. The van der Waals surface area contributed by atoms with Crippen molar-refractivity contribution in [3.63, 3.8) is 0 Å². The summed E-state index contributed by atoms with van der Waals surface area (Å²) < 4.78 is 54.1. The number of alkyl halides is 3. The Balaban J connectivity index is 2.42. The van der Waals surface area contributed by atoms with Crippen LogP contribution >= 0.6 is 0 Å². The molecule has 3 N–H and O–H groups in total. The quantitative estimate of drug-likeness (QED) is 0.613. The summed E-state index contributed by atoms with van der Waals surface area (Å²) in [4.78, 5) is 0. The number of likely N-dealkylation sites (N-methyl/N-ethyl adjacent to an activating group) is 1. The standard InChI is InChI=1S/C17H24BF3N2O3/c1-15(2)16(3,4)26-18(25-15)12(10-23-5)8-11-9-13(22)6-7-14(11)24-17(19,20)21/h6-9,23H,10,22H2,1-5H3. The third-order valence-electron chi connectivity index (χ3n) is 4.54. The number of benzene rings is 1. The average molecular weight is 372 g/mol. The van der Waals surface area contributed by atoms with Crippen LogP contribution in [0.25, 0.3) is 6.08 Å². The van der Waals surface area contributed by atoms with Gasteiger partial charge in [0, 0.05) is 17.8 Å². The summed E-state index contributed by atoms with van der Waals surface area (Å²) in [5.74, 6) is -0.336. The first-order valence-electron chi connectivity index (χ1n) is 8.20. The molecule has 0 unspecified atom stereocenters. The van der Waals surface area contributed by atoms with Gasteiger partial charge in [-0.1, -0.05) is 6.08 Å². The molecular weight excluding hydrogens is 348 g/mol. The van der Waals surface area contributed by atoms with Gasteiger partial charge in [0.25, 0.3) is 0 Å². The van der Waals surface area contributed by atoms with Crippen molar-refractivity contribution in [2.75, 3.05) is 19.3 Å². The van der Waals surface area contributed by atoms with Crippen LogP contribution in [0, 0.1) is 0 Å². The Morgan fingerprint density at radius 3 is 2.31 bits per heavy atom. The van der Waals surface area contributed by atoms with Crippen LogP contribution in [0.15, 0.2) is 23.7 Å². The van der Waals surface area contributed by atoms with Crippen molar-refractivity contribution in [3.8, 4) is 5.75 Å². The lowest BCUT2D eigenvalue weighted by Crippen LogP contribution is -2.41. The molecule has 26 heavy (non-hydrogen) atoms. The van der Waals surface area contributed by atoms with E-state index in [1.54, 1.807) is 13.1 Å². The number of ether oxygens (including phenoxy) is 1. The number of nitrogens with one attached hydrogen (secondary N) is 1. The van der Waals surface area contributed by atoms with Gasteiger partial charge < -0.3 is 25.1 Å². The molecule has 1 aromatic rings. The molecule has 0 atom stereocenters. The van der Waals surface area contributed by atoms with E-state index in [9.17, 15) is 13.2 Å². The first kappa shape index (κ1) is 20.6. The molecule has 0 bridgehead atoms. The lowest BCUT2D eigenvalue weighted by Gasteiger charge is -2.32. The molecule has 0 amide bonds. The summed E-state index contributed by atoms with van der Waals surface area (Å²) in [5.41, 5.74) is 5.76. The highest BCUT2D eigenvalue weighted by Crippen LogP contribution is 2.39. The summed E-state index contributed by atoms with van der Waals surface area (Å²) in [7, 11) is 1.03. The van der Waals surface area contributed by atoms with Crippen LogP contribution in [0.4, 0.5) is 18.9 Å². The highest BCUT2D eigenvalue weighted by molar-refractivity contribution is 6.56. The van der Waals surface area contributed by atoms with Crippen LogP contribution in [0.3, 0.4) is 0 Å². The molecule has 5 nitrogen and oxygen atoms in total. The molecule has 2 rings (SSSR count). The van der Waals surface area contributed by atoms with Gasteiger partial charge >= 0.3 is 13.5 Å². The molecule has 0 spiro atoms. The number of halogens is 3. The summed E-state index contributed by atoms with van der Waals surface area (Å²) in [6, 6.07) is 3.96. The predicted molar refractivity (Wildman–Crippen MR) is 95.5 cm³/mol. The van der Waals surface area contributed by atoms with Crippen LogP contribution in [0.2, 0.25) is 0 Å².